The number of fused-ring (bicyclic) bond motifs is 1. The van der Waals surface area contributed by atoms with Crippen LogP contribution in [0.2, 0.25) is 0 Å². The molecule has 0 spiro atoms. The van der Waals surface area contributed by atoms with E-state index in [0.717, 1.165) is 30.2 Å². The molecule has 7 heteroatoms. The molecule has 3 rings (SSSR count). The van der Waals surface area contributed by atoms with Gasteiger partial charge in [0, 0.05) is 18.9 Å². The van der Waals surface area contributed by atoms with E-state index in [0.29, 0.717) is 12.3 Å². The molecule has 142 valence electrons. The molecule has 0 bridgehead atoms. The lowest BCUT2D eigenvalue weighted by Gasteiger charge is -2.10. The first-order valence-corrected chi connectivity index (χ1v) is 8.96. The van der Waals surface area contributed by atoms with Gasteiger partial charge in [-0.05, 0) is 42.7 Å². The van der Waals surface area contributed by atoms with Crippen LogP contribution in [0.15, 0.2) is 41.5 Å². The van der Waals surface area contributed by atoms with Crippen molar-refractivity contribution in [1.29, 1.82) is 0 Å². The standard InChI is InChI=1S/C20H23N3O4/c1-13(9-19(25)21-12-16-7-4-8-27-16)22-23-20(26)17-10-14-5-2-3-6-15(14)11-18(17)24/h2-3,5-6,10-11,16,24H,4,7-9,12H2,1H3,(H,21,25)(H,23,26)/b22-13-/t16-/m1/s1. The molecule has 0 aromatic heterocycles. The van der Waals surface area contributed by atoms with Crippen molar-refractivity contribution in [3.8, 4) is 5.75 Å². The summed E-state index contributed by atoms with van der Waals surface area (Å²) in [6.07, 6.45) is 2.14. The molecule has 1 atom stereocenters. The number of hydrogen-bond acceptors (Lipinski definition) is 5. The molecular formula is C20H23N3O4. The Hall–Kier alpha value is -2.93. The number of carbonyl (C=O) groups is 2. The normalized spacial score (nSPS) is 17.1. The number of nitrogens with zero attached hydrogens (tertiary/aromatic N) is 1. The fraction of sp³-hybridized carbons (Fsp3) is 0.350. The number of ether oxygens (including phenoxy) is 1. The smallest absolute Gasteiger partial charge is 0.275 e. The highest BCUT2D eigenvalue weighted by atomic mass is 16.5. The predicted molar refractivity (Wildman–Crippen MR) is 103 cm³/mol. The van der Waals surface area contributed by atoms with Gasteiger partial charge in [-0.1, -0.05) is 24.3 Å². The van der Waals surface area contributed by atoms with Crippen molar-refractivity contribution in [2.45, 2.75) is 32.3 Å². The molecule has 1 fully saturated rings. The number of phenols is 1. The van der Waals surface area contributed by atoms with Crippen LogP contribution < -0.4 is 10.7 Å². The number of phenolic OH excluding ortho intramolecular Hbond substituents is 1. The first kappa shape index (κ1) is 18.8. The van der Waals surface area contributed by atoms with Crippen molar-refractivity contribution >= 4 is 28.3 Å². The number of hydrazone groups is 1. The van der Waals surface area contributed by atoms with E-state index in [9.17, 15) is 14.7 Å². The average molecular weight is 369 g/mol. The van der Waals surface area contributed by atoms with Gasteiger partial charge in [-0.3, -0.25) is 9.59 Å². The maximum absolute atomic E-state index is 12.3. The van der Waals surface area contributed by atoms with E-state index >= 15 is 0 Å². The molecule has 0 aliphatic carbocycles. The number of nitrogens with one attached hydrogen (secondary N) is 2. The maximum atomic E-state index is 12.3. The highest BCUT2D eigenvalue weighted by molar-refractivity contribution is 6.03. The molecule has 2 aromatic carbocycles. The lowest BCUT2D eigenvalue weighted by Crippen LogP contribution is -2.33. The van der Waals surface area contributed by atoms with Crippen molar-refractivity contribution in [2.75, 3.05) is 13.2 Å². The van der Waals surface area contributed by atoms with E-state index in [1.165, 1.54) is 0 Å². The van der Waals surface area contributed by atoms with E-state index in [2.05, 4.69) is 15.8 Å². The Kier molecular flexibility index (Phi) is 6.03. The monoisotopic (exact) mass is 369 g/mol. The first-order valence-electron chi connectivity index (χ1n) is 8.96. The van der Waals surface area contributed by atoms with Crippen LogP contribution in [0.1, 0.15) is 36.5 Å². The number of rotatable bonds is 6. The zero-order valence-electron chi connectivity index (χ0n) is 15.2. The minimum atomic E-state index is -0.530. The van der Waals surface area contributed by atoms with Crippen molar-refractivity contribution in [3.63, 3.8) is 0 Å². The fourth-order valence-corrected chi connectivity index (χ4v) is 2.98. The van der Waals surface area contributed by atoms with Crippen molar-refractivity contribution in [3.05, 3.63) is 42.0 Å². The molecular weight excluding hydrogens is 346 g/mol. The van der Waals surface area contributed by atoms with Gasteiger partial charge in [0.2, 0.25) is 5.91 Å². The van der Waals surface area contributed by atoms with Gasteiger partial charge in [0.05, 0.1) is 18.1 Å². The Morgan fingerprint density at radius 2 is 2.00 bits per heavy atom. The largest absolute Gasteiger partial charge is 0.507 e. The molecule has 0 saturated carbocycles. The van der Waals surface area contributed by atoms with Gasteiger partial charge in [-0.15, -0.1) is 0 Å². The third kappa shape index (κ3) is 5.04. The van der Waals surface area contributed by atoms with Crippen LogP contribution >= 0.6 is 0 Å². The lowest BCUT2D eigenvalue weighted by atomic mass is 10.1. The van der Waals surface area contributed by atoms with Crippen molar-refractivity contribution in [2.24, 2.45) is 5.10 Å². The van der Waals surface area contributed by atoms with E-state index < -0.39 is 5.91 Å². The number of aromatic hydroxyl groups is 1. The molecule has 1 aliphatic heterocycles. The molecule has 7 nitrogen and oxygen atoms in total. The van der Waals surface area contributed by atoms with E-state index in [1.807, 2.05) is 24.3 Å². The number of hydrogen-bond donors (Lipinski definition) is 3. The molecule has 2 amide bonds. The molecule has 1 saturated heterocycles. The van der Waals surface area contributed by atoms with E-state index in [-0.39, 0.29) is 29.7 Å². The van der Waals surface area contributed by atoms with Crippen LogP contribution in [-0.2, 0) is 9.53 Å². The summed E-state index contributed by atoms with van der Waals surface area (Å²) in [7, 11) is 0. The van der Waals surface area contributed by atoms with Gasteiger partial charge in [0.1, 0.15) is 5.75 Å². The van der Waals surface area contributed by atoms with Gasteiger partial charge >= 0.3 is 0 Å². The van der Waals surface area contributed by atoms with E-state index in [4.69, 9.17) is 4.74 Å². The van der Waals surface area contributed by atoms with Gasteiger partial charge in [0.25, 0.3) is 5.91 Å². The quantitative estimate of drug-likeness (QED) is 0.537. The minimum absolute atomic E-state index is 0.0801. The number of benzene rings is 2. The Bertz CT molecular complexity index is 873. The van der Waals surface area contributed by atoms with Crippen molar-refractivity contribution in [1.82, 2.24) is 10.7 Å². The lowest BCUT2D eigenvalue weighted by molar-refractivity contribution is -0.120. The second kappa shape index (κ2) is 8.64. The Morgan fingerprint density at radius 3 is 2.70 bits per heavy atom. The summed E-state index contributed by atoms with van der Waals surface area (Å²) >= 11 is 0. The van der Waals surface area contributed by atoms with Gasteiger partial charge < -0.3 is 15.2 Å². The summed E-state index contributed by atoms with van der Waals surface area (Å²) in [5.41, 5.74) is 2.99. The number of amides is 2. The minimum Gasteiger partial charge on any atom is -0.507 e. The Labute approximate surface area is 157 Å². The molecule has 0 radical (unpaired) electrons. The third-order valence-electron chi connectivity index (χ3n) is 4.42. The van der Waals surface area contributed by atoms with Crippen LogP contribution in [0.5, 0.6) is 5.75 Å². The summed E-state index contributed by atoms with van der Waals surface area (Å²) in [6.45, 7) is 2.89. The van der Waals surface area contributed by atoms with Crippen LogP contribution in [0.4, 0.5) is 0 Å². The summed E-state index contributed by atoms with van der Waals surface area (Å²) in [5, 5.41) is 18.5. The second-order valence-electron chi connectivity index (χ2n) is 6.62. The fourth-order valence-electron chi connectivity index (χ4n) is 2.98. The highest BCUT2D eigenvalue weighted by Crippen LogP contribution is 2.24. The summed E-state index contributed by atoms with van der Waals surface area (Å²) in [6, 6.07) is 10.6. The van der Waals surface area contributed by atoms with Gasteiger partial charge in [0.15, 0.2) is 0 Å². The van der Waals surface area contributed by atoms with Crippen LogP contribution in [0.25, 0.3) is 10.8 Å². The van der Waals surface area contributed by atoms with Gasteiger partial charge in [-0.2, -0.15) is 5.10 Å². The molecule has 1 heterocycles. The topological polar surface area (TPSA) is 100 Å². The molecule has 27 heavy (non-hydrogen) atoms. The summed E-state index contributed by atoms with van der Waals surface area (Å²) in [5.74, 6) is -0.819. The zero-order valence-corrected chi connectivity index (χ0v) is 15.2. The molecule has 1 aliphatic rings. The summed E-state index contributed by atoms with van der Waals surface area (Å²) < 4.78 is 5.45. The van der Waals surface area contributed by atoms with Crippen molar-refractivity contribution < 1.29 is 19.4 Å². The molecule has 3 N–H and O–H groups in total. The Morgan fingerprint density at radius 1 is 1.26 bits per heavy atom. The molecule has 0 unspecified atom stereocenters. The van der Waals surface area contributed by atoms with Crippen LogP contribution in [0, 0.1) is 0 Å². The van der Waals surface area contributed by atoms with Crippen LogP contribution in [-0.4, -0.2) is 41.9 Å². The number of carbonyl (C=O) groups excluding carboxylic acids is 2. The third-order valence-corrected chi connectivity index (χ3v) is 4.42. The van der Waals surface area contributed by atoms with Gasteiger partial charge in [-0.25, -0.2) is 5.43 Å². The Balaban J connectivity index is 1.55. The molecule has 2 aromatic rings. The first-order chi connectivity index (χ1) is 13.0. The highest BCUT2D eigenvalue weighted by Gasteiger charge is 2.16. The SMILES string of the molecule is C/C(CC(=O)NC[C@H]1CCCO1)=N/NC(=O)c1cc2ccccc2cc1O. The van der Waals surface area contributed by atoms with E-state index in [1.54, 1.807) is 19.1 Å². The maximum Gasteiger partial charge on any atom is 0.275 e. The average Bonchev–Trinajstić information content (AvgIpc) is 3.17. The van der Waals surface area contributed by atoms with Crippen LogP contribution in [0.3, 0.4) is 0 Å². The zero-order chi connectivity index (χ0) is 19.2. The summed E-state index contributed by atoms with van der Waals surface area (Å²) in [4.78, 5) is 24.2. The second-order valence-corrected chi connectivity index (χ2v) is 6.62. The predicted octanol–water partition coefficient (Wildman–Crippen LogP) is 2.34.